The van der Waals surface area contributed by atoms with E-state index in [1.165, 1.54) is 0 Å². The number of halogens is 1. The van der Waals surface area contributed by atoms with Gasteiger partial charge in [-0.15, -0.1) is 0 Å². The van der Waals surface area contributed by atoms with Crippen LogP contribution >= 0.6 is 11.6 Å². The number of para-hydroxylation sites is 1. The largest absolute Gasteiger partial charge is 0.373 e. The van der Waals surface area contributed by atoms with Crippen molar-refractivity contribution in [1.29, 1.82) is 0 Å². The van der Waals surface area contributed by atoms with Crippen molar-refractivity contribution >= 4 is 38.9 Å². The van der Waals surface area contributed by atoms with Crippen LogP contribution in [0.5, 0.6) is 0 Å². The number of likely N-dealkylation sites (N-methyl/N-ethyl adjacent to an activating group) is 1. The molecule has 2 rings (SSSR count). The van der Waals surface area contributed by atoms with E-state index in [1.54, 1.807) is 31.2 Å². The molecule has 0 bridgehead atoms. The summed E-state index contributed by atoms with van der Waals surface area (Å²) in [4.78, 5) is 14.8. The predicted molar refractivity (Wildman–Crippen MR) is 116 cm³/mol. The summed E-state index contributed by atoms with van der Waals surface area (Å²) in [6.07, 6.45) is 1.42. The quantitative estimate of drug-likeness (QED) is 0.672. The zero-order chi connectivity index (χ0) is 20.7. The molecule has 1 N–H and O–H groups in total. The molecule has 0 spiro atoms. The third-order valence-electron chi connectivity index (χ3n) is 4.34. The van der Waals surface area contributed by atoms with Gasteiger partial charge in [0.25, 0.3) is 0 Å². The Morgan fingerprint density at radius 1 is 1.11 bits per heavy atom. The molecular weight excluding hydrogens is 398 g/mol. The van der Waals surface area contributed by atoms with E-state index in [0.717, 1.165) is 16.2 Å². The monoisotopic (exact) mass is 423 g/mol. The van der Waals surface area contributed by atoms with Gasteiger partial charge in [-0.25, -0.2) is 8.42 Å². The second kappa shape index (κ2) is 9.80. The summed E-state index contributed by atoms with van der Waals surface area (Å²) in [5.74, 6) is -0.339. The molecule has 1 atom stereocenters. The number of carbonyl (C=O) groups excluding carboxylic acids is 1. The molecular formula is C20H26ClN3O3S. The zero-order valence-electron chi connectivity index (χ0n) is 16.3. The van der Waals surface area contributed by atoms with Crippen molar-refractivity contribution in [2.75, 3.05) is 35.6 Å². The lowest BCUT2D eigenvalue weighted by atomic mass is 10.2. The SMILES string of the molecule is CCC(C(=O)NCCN(C)c1ccccc1)N(c1cccc(Cl)c1)S(C)(=O)=O. The van der Waals surface area contributed by atoms with Gasteiger partial charge in [0, 0.05) is 30.8 Å². The van der Waals surface area contributed by atoms with Crippen LogP contribution in [-0.2, 0) is 14.8 Å². The normalized spacial score (nSPS) is 12.3. The maximum atomic E-state index is 12.8. The Morgan fingerprint density at radius 3 is 2.32 bits per heavy atom. The minimum Gasteiger partial charge on any atom is -0.373 e. The number of hydrogen-bond donors (Lipinski definition) is 1. The maximum absolute atomic E-state index is 12.8. The van der Waals surface area contributed by atoms with Crippen molar-refractivity contribution in [1.82, 2.24) is 5.32 Å². The average molecular weight is 424 g/mol. The van der Waals surface area contributed by atoms with Gasteiger partial charge in [0.1, 0.15) is 6.04 Å². The highest BCUT2D eigenvalue weighted by atomic mass is 35.5. The van der Waals surface area contributed by atoms with E-state index in [1.807, 2.05) is 42.3 Å². The van der Waals surface area contributed by atoms with Crippen LogP contribution < -0.4 is 14.5 Å². The van der Waals surface area contributed by atoms with E-state index in [-0.39, 0.29) is 5.91 Å². The highest BCUT2D eigenvalue weighted by Gasteiger charge is 2.31. The summed E-state index contributed by atoms with van der Waals surface area (Å²) in [6.45, 7) is 2.78. The molecule has 28 heavy (non-hydrogen) atoms. The Balaban J connectivity index is 2.09. The number of sulfonamides is 1. The summed E-state index contributed by atoms with van der Waals surface area (Å²) >= 11 is 6.02. The molecule has 2 aromatic rings. The first kappa shape index (κ1) is 22.0. The fourth-order valence-electron chi connectivity index (χ4n) is 2.95. The summed E-state index contributed by atoms with van der Waals surface area (Å²) in [7, 11) is -1.73. The van der Waals surface area contributed by atoms with Gasteiger partial charge >= 0.3 is 0 Å². The molecule has 0 aromatic heterocycles. The number of nitrogens with one attached hydrogen (secondary N) is 1. The lowest BCUT2D eigenvalue weighted by molar-refractivity contribution is -0.122. The van der Waals surface area contributed by atoms with Crippen LogP contribution in [0.4, 0.5) is 11.4 Å². The van der Waals surface area contributed by atoms with Crippen LogP contribution in [0.25, 0.3) is 0 Å². The fraction of sp³-hybridized carbons (Fsp3) is 0.350. The molecule has 0 saturated heterocycles. The predicted octanol–water partition coefficient (Wildman–Crippen LogP) is 3.14. The standard InChI is InChI=1S/C20H26ClN3O3S/c1-4-19(24(28(3,26)27)18-12-8-9-16(21)15-18)20(25)22-13-14-23(2)17-10-6-5-7-11-17/h5-12,15,19H,4,13-14H2,1-3H3,(H,22,25). The van der Waals surface area contributed by atoms with E-state index in [9.17, 15) is 13.2 Å². The van der Waals surface area contributed by atoms with Crippen LogP contribution in [-0.4, -0.2) is 46.8 Å². The number of nitrogens with zero attached hydrogens (tertiary/aromatic N) is 2. The molecule has 2 aromatic carbocycles. The van der Waals surface area contributed by atoms with E-state index >= 15 is 0 Å². The molecule has 0 saturated carbocycles. The van der Waals surface area contributed by atoms with Crippen LogP contribution in [0.15, 0.2) is 54.6 Å². The maximum Gasteiger partial charge on any atom is 0.243 e. The first-order valence-corrected chi connectivity index (χ1v) is 11.3. The fourth-order valence-corrected chi connectivity index (χ4v) is 4.34. The average Bonchev–Trinajstić information content (AvgIpc) is 2.65. The van der Waals surface area contributed by atoms with Crippen LogP contribution in [0.2, 0.25) is 5.02 Å². The molecule has 1 unspecified atom stereocenters. The molecule has 0 heterocycles. The van der Waals surface area contributed by atoms with Crippen LogP contribution in [0.1, 0.15) is 13.3 Å². The van der Waals surface area contributed by atoms with Gasteiger partial charge in [0.05, 0.1) is 11.9 Å². The Morgan fingerprint density at radius 2 is 1.75 bits per heavy atom. The number of benzene rings is 2. The van der Waals surface area contributed by atoms with Gasteiger partial charge in [-0.05, 0) is 36.8 Å². The van der Waals surface area contributed by atoms with Crippen molar-refractivity contribution in [3.05, 3.63) is 59.6 Å². The Labute approximate surface area is 172 Å². The summed E-state index contributed by atoms with van der Waals surface area (Å²) < 4.78 is 26.0. The van der Waals surface area contributed by atoms with Gasteiger partial charge in [-0.2, -0.15) is 0 Å². The molecule has 0 fully saturated rings. The molecule has 0 aliphatic heterocycles. The van der Waals surface area contributed by atoms with E-state index in [4.69, 9.17) is 11.6 Å². The number of carbonyl (C=O) groups is 1. The van der Waals surface area contributed by atoms with Gasteiger partial charge in [-0.3, -0.25) is 9.10 Å². The van der Waals surface area contributed by atoms with Crippen molar-refractivity contribution < 1.29 is 13.2 Å². The van der Waals surface area contributed by atoms with Crippen molar-refractivity contribution in [3.8, 4) is 0 Å². The lowest BCUT2D eigenvalue weighted by Crippen LogP contribution is -2.50. The smallest absolute Gasteiger partial charge is 0.243 e. The van der Waals surface area contributed by atoms with Crippen molar-refractivity contribution in [2.24, 2.45) is 0 Å². The van der Waals surface area contributed by atoms with Gasteiger partial charge in [0.15, 0.2) is 0 Å². The molecule has 6 nitrogen and oxygen atoms in total. The number of anilines is 2. The highest BCUT2D eigenvalue weighted by molar-refractivity contribution is 7.92. The highest BCUT2D eigenvalue weighted by Crippen LogP contribution is 2.25. The van der Waals surface area contributed by atoms with Crippen LogP contribution in [0, 0.1) is 0 Å². The molecule has 152 valence electrons. The second-order valence-electron chi connectivity index (χ2n) is 6.51. The van der Waals surface area contributed by atoms with Gasteiger partial charge in [-0.1, -0.05) is 42.8 Å². The Kier molecular flexibility index (Phi) is 7.71. The number of amides is 1. The molecule has 0 aliphatic rings. The van der Waals surface area contributed by atoms with Crippen molar-refractivity contribution in [3.63, 3.8) is 0 Å². The lowest BCUT2D eigenvalue weighted by Gasteiger charge is -2.30. The molecule has 8 heteroatoms. The van der Waals surface area contributed by atoms with Gasteiger partial charge in [0.2, 0.25) is 15.9 Å². The minimum atomic E-state index is -3.67. The van der Waals surface area contributed by atoms with E-state index in [2.05, 4.69) is 5.32 Å². The van der Waals surface area contributed by atoms with E-state index < -0.39 is 16.1 Å². The van der Waals surface area contributed by atoms with Crippen molar-refractivity contribution in [2.45, 2.75) is 19.4 Å². The number of rotatable bonds is 9. The third kappa shape index (κ3) is 5.87. The summed E-state index contributed by atoms with van der Waals surface area (Å²) in [5, 5.41) is 3.26. The second-order valence-corrected chi connectivity index (χ2v) is 8.81. The molecule has 1 amide bonds. The molecule has 0 aliphatic carbocycles. The first-order chi connectivity index (χ1) is 13.2. The van der Waals surface area contributed by atoms with Gasteiger partial charge < -0.3 is 10.2 Å². The topological polar surface area (TPSA) is 69.7 Å². The third-order valence-corrected chi connectivity index (χ3v) is 5.75. The Bertz CT molecular complexity index is 891. The summed E-state index contributed by atoms with van der Waals surface area (Å²) in [5.41, 5.74) is 1.42. The van der Waals surface area contributed by atoms with E-state index in [0.29, 0.717) is 30.2 Å². The molecule has 0 radical (unpaired) electrons. The minimum absolute atomic E-state index is 0.333. The zero-order valence-corrected chi connectivity index (χ0v) is 17.9. The Hall–Kier alpha value is -2.25. The first-order valence-electron chi connectivity index (χ1n) is 9.03. The number of hydrogen-bond acceptors (Lipinski definition) is 4. The van der Waals surface area contributed by atoms with Crippen LogP contribution in [0.3, 0.4) is 0 Å². The summed E-state index contributed by atoms with van der Waals surface area (Å²) in [6, 6.07) is 15.5.